The number of nitrogens with zero attached hydrogens (tertiary/aromatic N) is 2. The lowest BCUT2D eigenvalue weighted by Crippen LogP contribution is -2.44. The predicted molar refractivity (Wildman–Crippen MR) is 86.6 cm³/mol. The number of hydrogen-bond acceptors (Lipinski definition) is 3. The van der Waals surface area contributed by atoms with Crippen molar-refractivity contribution in [2.45, 2.75) is 39.8 Å². The number of amides is 1. The predicted octanol–water partition coefficient (Wildman–Crippen LogP) is 2.14. The quantitative estimate of drug-likeness (QED) is 0.799. The van der Waals surface area contributed by atoms with Crippen molar-refractivity contribution in [2.75, 3.05) is 20.1 Å². The Labute approximate surface area is 132 Å². The Morgan fingerprint density at radius 3 is 2.32 bits per heavy atom. The maximum Gasteiger partial charge on any atom is 0.320 e. The molecule has 22 heavy (non-hydrogen) atoms. The zero-order valence-corrected chi connectivity index (χ0v) is 13.9. The van der Waals surface area contributed by atoms with E-state index in [0.717, 1.165) is 12.0 Å². The molecule has 0 aromatic heterocycles. The summed E-state index contributed by atoms with van der Waals surface area (Å²) in [4.78, 5) is 26.8. The van der Waals surface area contributed by atoms with Crippen LogP contribution in [0.4, 0.5) is 0 Å². The Hall–Kier alpha value is -1.88. The van der Waals surface area contributed by atoms with Gasteiger partial charge in [0, 0.05) is 13.1 Å². The van der Waals surface area contributed by atoms with Crippen LogP contribution in [0.15, 0.2) is 24.3 Å². The van der Waals surface area contributed by atoms with E-state index in [4.69, 9.17) is 5.11 Å². The summed E-state index contributed by atoms with van der Waals surface area (Å²) in [5.74, 6) is -0.964. The molecule has 1 N–H and O–H groups in total. The van der Waals surface area contributed by atoms with E-state index in [2.05, 4.69) is 0 Å². The number of carboxylic acids is 1. The summed E-state index contributed by atoms with van der Waals surface area (Å²) >= 11 is 0. The van der Waals surface area contributed by atoms with Crippen molar-refractivity contribution in [3.8, 4) is 0 Å². The molecule has 0 aliphatic carbocycles. The number of rotatable bonds is 8. The molecule has 0 radical (unpaired) electrons. The van der Waals surface area contributed by atoms with Crippen LogP contribution in [0.2, 0.25) is 0 Å². The Kier molecular flexibility index (Phi) is 7.05. The fourth-order valence-electron chi connectivity index (χ4n) is 2.11. The second-order valence-corrected chi connectivity index (χ2v) is 5.73. The summed E-state index contributed by atoms with van der Waals surface area (Å²) in [7, 11) is 1.66. The first-order chi connectivity index (χ1) is 10.3. The van der Waals surface area contributed by atoms with Crippen LogP contribution in [-0.4, -0.2) is 53.0 Å². The largest absolute Gasteiger partial charge is 0.480 e. The molecule has 1 amide bonds. The molecule has 0 fully saturated rings. The van der Waals surface area contributed by atoms with E-state index in [1.807, 2.05) is 38.1 Å². The third-order valence-corrected chi connectivity index (χ3v) is 3.74. The van der Waals surface area contributed by atoms with Gasteiger partial charge in [0.1, 0.15) is 6.04 Å². The van der Waals surface area contributed by atoms with Crippen LogP contribution in [0.5, 0.6) is 0 Å². The molecule has 1 aromatic rings. The average molecular weight is 306 g/mol. The molecule has 5 nitrogen and oxygen atoms in total. The monoisotopic (exact) mass is 306 g/mol. The first kappa shape index (κ1) is 18.2. The number of benzene rings is 1. The SMILES string of the molecule is CCCN(Cc1ccc(C)cc1)C(=O)CN(C)C(C)C(=O)O. The lowest BCUT2D eigenvalue weighted by atomic mass is 10.1. The first-order valence-corrected chi connectivity index (χ1v) is 7.61. The third-order valence-electron chi connectivity index (χ3n) is 3.74. The highest BCUT2D eigenvalue weighted by Crippen LogP contribution is 2.09. The van der Waals surface area contributed by atoms with Gasteiger partial charge in [0.2, 0.25) is 5.91 Å². The molecule has 122 valence electrons. The van der Waals surface area contributed by atoms with Crippen LogP contribution >= 0.6 is 0 Å². The van der Waals surface area contributed by atoms with Crippen LogP contribution in [0, 0.1) is 6.92 Å². The number of carboxylic acid groups (broad SMARTS) is 1. The third kappa shape index (κ3) is 5.48. The number of hydrogen-bond donors (Lipinski definition) is 1. The Morgan fingerprint density at radius 2 is 1.82 bits per heavy atom. The highest BCUT2D eigenvalue weighted by atomic mass is 16.4. The summed E-state index contributed by atoms with van der Waals surface area (Å²) in [5, 5.41) is 9.00. The number of carbonyl (C=O) groups excluding carboxylic acids is 1. The molecule has 1 rings (SSSR count). The lowest BCUT2D eigenvalue weighted by molar-refractivity contribution is -0.143. The Morgan fingerprint density at radius 1 is 1.23 bits per heavy atom. The zero-order valence-electron chi connectivity index (χ0n) is 13.9. The molecule has 0 spiro atoms. The average Bonchev–Trinajstić information content (AvgIpc) is 2.47. The summed E-state index contributed by atoms with van der Waals surface area (Å²) < 4.78 is 0. The van der Waals surface area contributed by atoms with E-state index in [0.29, 0.717) is 13.1 Å². The first-order valence-electron chi connectivity index (χ1n) is 7.61. The molecule has 0 bridgehead atoms. The molecule has 0 aliphatic heterocycles. The van der Waals surface area contributed by atoms with E-state index < -0.39 is 12.0 Å². The summed E-state index contributed by atoms with van der Waals surface area (Å²) in [6, 6.07) is 7.43. The second kappa shape index (κ2) is 8.54. The van der Waals surface area contributed by atoms with E-state index in [9.17, 15) is 9.59 Å². The lowest BCUT2D eigenvalue weighted by Gasteiger charge is -2.27. The molecule has 0 aliphatic rings. The maximum absolute atomic E-state index is 12.4. The van der Waals surface area contributed by atoms with Gasteiger partial charge in [0.15, 0.2) is 0 Å². The van der Waals surface area contributed by atoms with Crippen molar-refractivity contribution in [3.63, 3.8) is 0 Å². The molecule has 5 heteroatoms. The normalized spacial score (nSPS) is 12.2. The number of carbonyl (C=O) groups is 2. The van der Waals surface area contributed by atoms with Crippen LogP contribution in [0.3, 0.4) is 0 Å². The van der Waals surface area contributed by atoms with Gasteiger partial charge in [-0.1, -0.05) is 36.8 Å². The molecule has 0 heterocycles. The molecule has 0 saturated carbocycles. The minimum atomic E-state index is -0.920. The maximum atomic E-state index is 12.4. The van der Waals surface area contributed by atoms with Crippen molar-refractivity contribution >= 4 is 11.9 Å². The number of likely N-dealkylation sites (N-methyl/N-ethyl adjacent to an activating group) is 1. The van der Waals surface area contributed by atoms with E-state index in [-0.39, 0.29) is 12.5 Å². The standard InChI is InChI=1S/C17H26N2O3/c1-5-10-19(11-15-8-6-13(2)7-9-15)16(20)12-18(4)14(3)17(21)22/h6-9,14H,5,10-12H2,1-4H3,(H,21,22). The molecule has 0 saturated heterocycles. The van der Waals surface area contributed by atoms with E-state index in [1.54, 1.807) is 23.8 Å². The highest BCUT2D eigenvalue weighted by molar-refractivity contribution is 5.80. The summed E-state index contributed by atoms with van der Waals surface area (Å²) in [6.07, 6.45) is 0.871. The van der Waals surface area contributed by atoms with Gasteiger partial charge in [-0.05, 0) is 32.9 Å². The van der Waals surface area contributed by atoms with E-state index >= 15 is 0 Å². The van der Waals surface area contributed by atoms with Crippen molar-refractivity contribution in [3.05, 3.63) is 35.4 Å². The van der Waals surface area contributed by atoms with Gasteiger partial charge in [-0.3, -0.25) is 14.5 Å². The van der Waals surface area contributed by atoms with Gasteiger partial charge >= 0.3 is 5.97 Å². The van der Waals surface area contributed by atoms with Crippen molar-refractivity contribution in [1.82, 2.24) is 9.80 Å². The topological polar surface area (TPSA) is 60.9 Å². The fraction of sp³-hybridized carbons (Fsp3) is 0.529. The summed E-state index contributed by atoms with van der Waals surface area (Å²) in [6.45, 7) is 6.98. The van der Waals surface area contributed by atoms with Gasteiger partial charge < -0.3 is 10.0 Å². The van der Waals surface area contributed by atoms with Crippen LogP contribution in [0.1, 0.15) is 31.4 Å². The fourth-order valence-corrected chi connectivity index (χ4v) is 2.11. The Balaban J connectivity index is 2.70. The smallest absolute Gasteiger partial charge is 0.320 e. The van der Waals surface area contributed by atoms with Gasteiger partial charge in [-0.25, -0.2) is 0 Å². The molecular formula is C17H26N2O3. The van der Waals surface area contributed by atoms with Gasteiger partial charge in [-0.2, -0.15) is 0 Å². The second-order valence-electron chi connectivity index (χ2n) is 5.73. The van der Waals surface area contributed by atoms with Crippen LogP contribution < -0.4 is 0 Å². The Bertz CT molecular complexity index is 499. The minimum Gasteiger partial charge on any atom is -0.480 e. The van der Waals surface area contributed by atoms with Gasteiger partial charge in [0.05, 0.1) is 6.54 Å². The molecule has 1 atom stereocenters. The molecule has 1 aromatic carbocycles. The van der Waals surface area contributed by atoms with Crippen molar-refractivity contribution < 1.29 is 14.7 Å². The van der Waals surface area contributed by atoms with E-state index in [1.165, 1.54) is 5.56 Å². The van der Waals surface area contributed by atoms with Crippen LogP contribution in [-0.2, 0) is 16.1 Å². The number of aliphatic carboxylic acids is 1. The minimum absolute atomic E-state index is 0.0435. The highest BCUT2D eigenvalue weighted by Gasteiger charge is 2.22. The van der Waals surface area contributed by atoms with Crippen molar-refractivity contribution in [1.29, 1.82) is 0 Å². The summed E-state index contributed by atoms with van der Waals surface area (Å²) in [5.41, 5.74) is 2.27. The zero-order chi connectivity index (χ0) is 16.7. The van der Waals surface area contributed by atoms with Gasteiger partial charge in [-0.15, -0.1) is 0 Å². The van der Waals surface area contributed by atoms with Crippen LogP contribution in [0.25, 0.3) is 0 Å². The van der Waals surface area contributed by atoms with Crippen molar-refractivity contribution in [2.24, 2.45) is 0 Å². The van der Waals surface area contributed by atoms with Gasteiger partial charge in [0.25, 0.3) is 0 Å². The number of aryl methyl sites for hydroxylation is 1. The molecular weight excluding hydrogens is 280 g/mol. The molecule has 1 unspecified atom stereocenters.